The van der Waals surface area contributed by atoms with Crippen LogP contribution in [0.1, 0.15) is 0 Å². The summed E-state index contributed by atoms with van der Waals surface area (Å²) in [6.07, 6.45) is 1.11. The fourth-order valence-electron chi connectivity index (χ4n) is 2.28. The van der Waals surface area contributed by atoms with E-state index in [0.717, 1.165) is 16.5 Å². The molecule has 3 rings (SSSR count). The molecule has 0 bridgehead atoms. The third-order valence-electron chi connectivity index (χ3n) is 3.47. The zero-order valence-corrected chi connectivity index (χ0v) is 15.7. The second kappa shape index (κ2) is 6.82. The van der Waals surface area contributed by atoms with Crippen molar-refractivity contribution in [1.82, 2.24) is 4.98 Å². The lowest BCUT2D eigenvalue weighted by atomic mass is 10.2. The molecule has 130 valence electrons. The van der Waals surface area contributed by atoms with Crippen molar-refractivity contribution >= 4 is 44.1 Å². The van der Waals surface area contributed by atoms with Gasteiger partial charge in [-0.1, -0.05) is 23.4 Å². The number of aromatic nitrogens is 1. The van der Waals surface area contributed by atoms with E-state index in [1.54, 1.807) is 24.3 Å². The van der Waals surface area contributed by atoms with E-state index in [9.17, 15) is 12.8 Å². The molecular weight excluding hydrogens is 385 g/mol. The van der Waals surface area contributed by atoms with Crippen molar-refractivity contribution in [2.45, 2.75) is 14.8 Å². The zero-order chi connectivity index (χ0) is 18.2. The highest BCUT2D eigenvalue weighted by Crippen LogP contribution is 2.42. The molecular formula is C17H13ClFNO3S2. The minimum atomic E-state index is -3.41. The predicted octanol–water partition coefficient (Wildman–Crippen LogP) is 4.59. The Balaban J connectivity index is 2.18. The Morgan fingerprint density at radius 1 is 1.16 bits per heavy atom. The first-order valence-electron chi connectivity index (χ1n) is 7.10. The smallest absolute Gasteiger partial charge is 0.192 e. The van der Waals surface area contributed by atoms with Crippen LogP contribution in [0.25, 0.3) is 10.9 Å². The second-order valence-electron chi connectivity index (χ2n) is 5.26. The summed E-state index contributed by atoms with van der Waals surface area (Å²) in [4.78, 5) is 5.59. The molecule has 3 aromatic rings. The van der Waals surface area contributed by atoms with Gasteiger partial charge in [0.05, 0.1) is 22.5 Å². The molecule has 4 nitrogen and oxygen atoms in total. The van der Waals surface area contributed by atoms with E-state index in [2.05, 4.69) is 4.98 Å². The number of hydrogen-bond donors (Lipinski definition) is 0. The monoisotopic (exact) mass is 397 g/mol. The maximum Gasteiger partial charge on any atom is 0.192 e. The lowest BCUT2D eigenvalue weighted by molar-refractivity contribution is 0.406. The highest BCUT2D eigenvalue weighted by atomic mass is 35.5. The molecule has 1 heterocycles. The van der Waals surface area contributed by atoms with Crippen molar-refractivity contribution < 1.29 is 17.5 Å². The van der Waals surface area contributed by atoms with Gasteiger partial charge in [0.1, 0.15) is 11.6 Å². The number of ether oxygens (including phenoxy) is 1. The molecule has 0 fully saturated rings. The van der Waals surface area contributed by atoms with Gasteiger partial charge in [-0.15, -0.1) is 0 Å². The molecule has 0 aliphatic rings. The molecule has 0 atom stereocenters. The first kappa shape index (κ1) is 18.0. The van der Waals surface area contributed by atoms with Gasteiger partial charge in [0.15, 0.2) is 14.9 Å². The quantitative estimate of drug-likeness (QED) is 0.644. The summed E-state index contributed by atoms with van der Waals surface area (Å²) >= 11 is 7.42. The molecule has 0 radical (unpaired) electrons. The summed E-state index contributed by atoms with van der Waals surface area (Å²) in [6.45, 7) is 0. The largest absolute Gasteiger partial charge is 0.496 e. The molecule has 0 N–H and O–H groups in total. The van der Waals surface area contributed by atoms with Crippen molar-refractivity contribution in [3.8, 4) is 5.75 Å². The average Bonchev–Trinajstić information content (AvgIpc) is 2.56. The highest BCUT2D eigenvalue weighted by molar-refractivity contribution is 7.99. The number of methoxy groups -OCH3 is 1. The maximum atomic E-state index is 13.3. The van der Waals surface area contributed by atoms with Gasteiger partial charge in [-0.3, -0.25) is 0 Å². The van der Waals surface area contributed by atoms with Gasteiger partial charge in [0.2, 0.25) is 0 Å². The zero-order valence-electron chi connectivity index (χ0n) is 13.3. The maximum absolute atomic E-state index is 13.3. The fourth-order valence-corrected chi connectivity index (χ4v) is 4.19. The summed E-state index contributed by atoms with van der Waals surface area (Å²) in [7, 11) is -1.87. The van der Waals surface area contributed by atoms with Crippen molar-refractivity contribution in [2.75, 3.05) is 13.4 Å². The van der Waals surface area contributed by atoms with Crippen LogP contribution in [0.15, 0.2) is 57.3 Å². The number of pyridine rings is 1. The van der Waals surface area contributed by atoms with Crippen LogP contribution in [0.4, 0.5) is 4.39 Å². The van der Waals surface area contributed by atoms with E-state index >= 15 is 0 Å². The van der Waals surface area contributed by atoms with Crippen LogP contribution in [0.5, 0.6) is 5.75 Å². The lowest BCUT2D eigenvalue weighted by Crippen LogP contribution is -2.00. The van der Waals surface area contributed by atoms with Gasteiger partial charge in [0, 0.05) is 16.5 Å². The third kappa shape index (κ3) is 3.73. The number of fused-ring (bicyclic) bond motifs is 1. The number of sulfone groups is 1. The molecule has 0 saturated carbocycles. The Kier molecular flexibility index (Phi) is 4.90. The summed E-state index contributed by atoms with van der Waals surface area (Å²) in [5.74, 6) is 0.172. The molecule has 0 spiro atoms. The Labute approximate surface area is 153 Å². The van der Waals surface area contributed by atoms with Gasteiger partial charge in [-0.25, -0.2) is 17.8 Å². The highest BCUT2D eigenvalue weighted by Gasteiger charge is 2.16. The SMILES string of the molecule is COc1ccc2nc(S(C)(=O)=O)ccc2c1Sc1ccc(F)cc1Cl. The minimum absolute atomic E-state index is 0.000862. The summed E-state index contributed by atoms with van der Waals surface area (Å²) in [5.41, 5.74) is 0.518. The van der Waals surface area contributed by atoms with Crippen LogP contribution in [0.2, 0.25) is 5.02 Å². The topological polar surface area (TPSA) is 56.3 Å². The second-order valence-corrected chi connectivity index (χ2v) is 8.68. The summed E-state index contributed by atoms with van der Waals surface area (Å²) in [5, 5.41) is 1.00. The molecule has 0 saturated heterocycles. The minimum Gasteiger partial charge on any atom is -0.496 e. The number of halogens is 2. The number of hydrogen-bond acceptors (Lipinski definition) is 5. The normalized spacial score (nSPS) is 11.7. The predicted molar refractivity (Wildman–Crippen MR) is 96.9 cm³/mol. The van der Waals surface area contributed by atoms with Crippen LogP contribution in [-0.4, -0.2) is 26.8 Å². The van der Waals surface area contributed by atoms with Crippen LogP contribution in [0.3, 0.4) is 0 Å². The Bertz CT molecular complexity index is 1070. The van der Waals surface area contributed by atoms with E-state index < -0.39 is 15.7 Å². The molecule has 0 aliphatic heterocycles. The average molecular weight is 398 g/mol. The first-order valence-corrected chi connectivity index (χ1v) is 10.2. The van der Waals surface area contributed by atoms with Crippen molar-refractivity contribution in [1.29, 1.82) is 0 Å². The van der Waals surface area contributed by atoms with Gasteiger partial charge < -0.3 is 4.74 Å². The van der Waals surface area contributed by atoms with E-state index in [1.807, 2.05) is 0 Å². The van der Waals surface area contributed by atoms with Crippen molar-refractivity contribution in [2.24, 2.45) is 0 Å². The van der Waals surface area contributed by atoms with E-state index in [0.29, 0.717) is 16.2 Å². The van der Waals surface area contributed by atoms with Gasteiger partial charge in [-0.05, 0) is 42.5 Å². The number of benzene rings is 2. The third-order valence-corrected chi connectivity index (χ3v) is 6.08. The first-order chi connectivity index (χ1) is 11.8. The molecule has 1 aromatic heterocycles. The molecule has 0 unspecified atom stereocenters. The fraction of sp³-hybridized carbons (Fsp3) is 0.118. The lowest BCUT2D eigenvalue weighted by Gasteiger charge is -2.12. The van der Waals surface area contributed by atoms with E-state index in [4.69, 9.17) is 16.3 Å². The molecule has 2 aromatic carbocycles. The van der Waals surface area contributed by atoms with Crippen molar-refractivity contribution in [3.05, 3.63) is 53.3 Å². The molecule has 0 amide bonds. The molecule has 0 aliphatic carbocycles. The van der Waals surface area contributed by atoms with Gasteiger partial charge >= 0.3 is 0 Å². The van der Waals surface area contributed by atoms with Crippen LogP contribution in [0, 0.1) is 5.82 Å². The van der Waals surface area contributed by atoms with Gasteiger partial charge in [-0.2, -0.15) is 0 Å². The Hall–Kier alpha value is -1.83. The number of nitrogens with zero attached hydrogens (tertiary/aromatic N) is 1. The molecule has 25 heavy (non-hydrogen) atoms. The van der Waals surface area contributed by atoms with E-state index in [1.165, 1.54) is 37.1 Å². The van der Waals surface area contributed by atoms with Crippen LogP contribution < -0.4 is 4.74 Å². The van der Waals surface area contributed by atoms with Crippen LogP contribution in [-0.2, 0) is 9.84 Å². The van der Waals surface area contributed by atoms with E-state index in [-0.39, 0.29) is 10.0 Å². The standard InChI is InChI=1S/C17H13ClFNO3S2/c1-23-14-6-5-13-11(4-8-16(20-13)25(2,21)22)17(14)24-15-7-3-10(19)9-12(15)18/h3-9H,1-2H3. The van der Waals surface area contributed by atoms with Crippen molar-refractivity contribution in [3.63, 3.8) is 0 Å². The Morgan fingerprint density at radius 3 is 2.56 bits per heavy atom. The summed E-state index contributed by atoms with van der Waals surface area (Å²) in [6, 6.07) is 10.7. The summed E-state index contributed by atoms with van der Waals surface area (Å²) < 4.78 is 42.1. The Morgan fingerprint density at radius 2 is 1.92 bits per heavy atom. The van der Waals surface area contributed by atoms with Crippen LogP contribution >= 0.6 is 23.4 Å². The van der Waals surface area contributed by atoms with Gasteiger partial charge in [0.25, 0.3) is 0 Å². The number of rotatable bonds is 4. The molecule has 8 heteroatoms.